The molecule has 1 aliphatic carbocycles. The number of nitrogens with one attached hydrogen (secondary N) is 1. The molecule has 1 aliphatic heterocycles. The molecule has 2 heteroatoms. The molecule has 15 heavy (non-hydrogen) atoms. The number of likely N-dealkylation sites (N-methyl/N-ethyl adjacent to an activating group) is 1. The fourth-order valence-electron chi connectivity index (χ4n) is 2.85. The van der Waals surface area contributed by atoms with Gasteiger partial charge in [-0.25, -0.2) is 0 Å². The van der Waals surface area contributed by atoms with E-state index in [0.29, 0.717) is 0 Å². The molecular formula is C13H26N2. The zero-order chi connectivity index (χ0) is 10.7. The third kappa shape index (κ3) is 3.76. The van der Waals surface area contributed by atoms with Gasteiger partial charge in [0.15, 0.2) is 0 Å². The highest BCUT2D eigenvalue weighted by Gasteiger charge is 2.29. The van der Waals surface area contributed by atoms with Gasteiger partial charge in [0.1, 0.15) is 0 Å². The van der Waals surface area contributed by atoms with E-state index in [2.05, 4.69) is 24.2 Å². The lowest BCUT2D eigenvalue weighted by atomic mass is 9.90. The van der Waals surface area contributed by atoms with Gasteiger partial charge in [-0.2, -0.15) is 0 Å². The van der Waals surface area contributed by atoms with Crippen LogP contribution in [0.1, 0.15) is 45.4 Å². The quantitative estimate of drug-likeness (QED) is 0.749. The van der Waals surface area contributed by atoms with Gasteiger partial charge in [0.2, 0.25) is 0 Å². The van der Waals surface area contributed by atoms with Crippen molar-refractivity contribution in [3.8, 4) is 0 Å². The van der Waals surface area contributed by atoms with Gasteiger partial charge in [0, 0.05) is 25.2 Å². The van der Waals surface area contributed by atoms with Gasteiger partial charge in [-0.3, -0.25) is 0 Å². The van der Waals surface area contributed by atoms with Crippen molar-refractivity contribution in [3.05, 3.63) is 0 Å². The molecule has 2 unspecified atom stereocenters. The Morgan fingerprint density at radius 2 is 2.00 bits per heavy atom. The summed E-state index contributed by atoms with van der Waals surface area (Å²) in [5, 5.41) is 3.79. The standard InChI is InChI=1S/C13H26N2/c1-3-4-5-11-8-13(10-15(2)9-11)14-12-6-7-12/h11-14H,3-10H2,1-2H3. The summed E-state index contributed by atoms with van der Waals surface area (Å²) in [7, 11) is 2.28. The van der Waals surface area contributed by atoms with Crippen LogP contribution in [-0.2, 0) is 0 Å². The van der Waals surface area contributed by atoms with Crippen LogP contribution < -0.4 is 5.32 Å². The second-order valence-corrected chi connectivity index (χ2v) is 5.60. The normalized spacial score (nSPS) is 33.2. The molecule has 0 aromatic carbocycles. The van der Waals surface area contributed by atoms with Crippen molar-refractivity contribution in [1.82, 2.24) is 10.2 Å². The van der Waals surface area contributed by atoms with Crippen LogP contribution in [0.25, 0.3) is 0 Å². The first kappa shape index (κ1) is 11.4. The van der Waals surface area contributed by atoms with Crippen LogP contribution in [0.5, 0.6) is 0 Å². The molecule has 2 nitrogen and oxygen atoms in total. The van der Waals surface area contributed by atoms with Gasteiger partial charge in [0.05, 0.1) is 0 Å². The van der Waals surface area contributed by atoms with E-state index in [9.17, 15) is 0 Å². The summed E-state index contributed by atoms with van der Waals surface area (Å²) >= 11 is 0. The Hall–Kier alpha value is -0.0800. The van der Waals surface area contributed by atoms with Crippen molar-refractivity contribution in [2.75, 3.05) is 20.1 Å². The lowest BCUT2D eigenvalue weighted by molar-refractivity contribution is 0.160. The Morgan fingerprint density at radius 1 is 1.20 bits per heavy atom. The summed E-state index contributed by atoms with van der Waals surface area (Å²) in [5.41, 5.74) is 0. The van der Waals surface area contributed by atoms with Gasteiger partial charge < -0.3 is 10.2 Å². The van der Waals surface area contributed by atoms with Gasteiger partial charge in [-0.15, -0.1) is 0 Å². The SMILES string of the molecule is CCCCC1CC(NC2CC2)CN(C)C1. The van der Waals surface area contributed by atoms with E-state index < -0.39 is 0 Å². The molecule has 0 spiro atoms. The Kier molecular flexibility index (Phi) is 4.04. The molecule has 1 N–H and O–H groups in total. The Balaban J connectivity index is 1.74. The second kappa shape index (κ2) is 5.31. The van der Waals surface area contributed by atoms with Crippen molar-refractivity contribution in [2.24, 2.45) is 5.92 Å². The summed E-state index contributed by atoms with van der Waals surface area (Å²) in [5.74, 6) is 0.944. The van der Waals surface area contributed by atoms with Crippen LogP contribution in [0.2, 0.25) is 0 Å². The van der Waals surface area contributed by atoms with E-state index in [4.69, 9.17) is 0 Å². The molecule has 0 aromatic rings. The number of unbranched alkanes of at least 4 members (excludes halogenated alkanes) is 1. The maximum atomic E-state index is 3.79. The first-order valence-corrected chi connectivity index (χ1v) is 6.72. The molecule has 2 atom stereocenters. The van der Waals surface area contributed by atoms with Gasteiger partial charge in [0.25, 0.3) is 0 Å². The van der Waals surface area contributed by atoms with Crippen molar-refractivity contribution in [1.29, 1.82) is 0 Å². The largest absolute Gasteiger partial charge is 0.310 e. The Labute approximate surface area is 94.4 Å². The molecular weight excluding hydrogens is 184 g/mol. The number of rotatable bonds is 5. The maximum Gasteiger partial charge on any atom is 0.0200 e. The molecule has 2 fully saturated rings. The van der Waals surface area contributed by atoms with Crippen LogP contribution >= 0.6 is 0 Å². The van der Waals surface area contributed by atoms with E-state index in [-0.39, 0.29) is 0 Å². The highest BCUT2D eigenvalue weighted by Crippen LogP contribution is 2.25. The summed E-state index contributed by atoms with van der Waals surface area (Å²) in [6, 6.07) is 1.64. The molecule has 0 amide bonds. The zero-order valence-corrected chi connectivity index (χ0v) is 10.3. The molecule has 1 heterocycles. The summed E-state index contributed by atoms with van der Waals surface area (Å²) in [6.45, 7) is 4.88. The summed E-state index contributed by atoms with van der Waals surface area (Å²) < 4.78 is 0. The van der Waals surface area contributed by atoms with Crippen molar-refractivity contribution < 1.29 is 0 Å². The predicted molar refractivity (Wildman–Crippen MR) is 65.1 cm³/mol. The average Bonchev–Trinajstić information content (AvgIpc) is 2.98. The average molecular weight is 210 g/mol. The molecule has 88 valence electrons. The topological polar surface area (TPSA) is 15.3 Å². The Morgan fingerprint density at radius 3 is 2.67 bits per heavy atom. The van der Waals surface area contributed by atoms with E-state index >= 15 is 0 Å². The third-order valence-corrected chi connectivity index (χ3v) is 3.73. The summed E-state index contributed by atoms with van der Waals surface area (Å²) in [6.07, 6.45) is 8.44. The van der Waals surface area contributed by atoms with Crippen molar-refractivity contribution in [2.45, 2.75) is 57.5 Å². The second-order valence-electron chi connectivity index (χ2n) is 5.60. The fourth-order valence-corrected chi connectivity index (χ4v) is 2.85. The van der Waals surface area contributed by atoms with Gasteiger partial charge in [-0.05, 0) is 38.6 Å². The number of likely N-dealkylation sites (tertiary alicyclic amines) is 1. The van der Waals surface area contributed by atoms with Crippen LogP contribution in [0.4, 0.5) is 0 Å². The minimum Gasteiger partial charge on any atom is -0.310 e. The third-order valence-electron chi connectivity index (χ3n) is 3.73. The monoisotopic (exact) mass is 210 g/mol. The first-order valence-electron chi connectivity index (χ1n) is 6.72. The van der Waals surface area contributed by atoms with E-state index in [1.54, 1.807) is 0 Å². The molecule has 2 rings (SSSR count). The molecule has 1 saturated heterocycles. The van der Waals surface area contributed by atoms with Gasteiger partial charge in [-0.1, -0.05) is 19.8 Å². The van der Waals surface area contributed by atoms with Crippen LogP contribution in [0.3, 0.4) is 0 Å². The smallest absolute Gasteiger partial charge is 0.0200 e. The van der Waals surface area contributed by atoms with E-state index in [0.717, 1.165) is 18.0 Å². The molecule has 0 radical (unpaired) electrons. The minimum atomic E-state index is 0.776. The highest BCUT2D eigenvalue weighted by molar-refractivity contribution is 4.89. The van der Waals surface area contributed by atoms with Crippen molar-refractivity contribution in [3.63, 3.8) is 0 Å². The minimum absolute atomic E-state index is 0.776. The number of nitrogens with zero attached hydrogens (tertiary/aromatic N) is 1. The Bertz CT molecular complexity index is 187. The maximum absolute atomic E-state index is 3.79. The fraction of sp³-hybridized carbons (Fsp3) is 1.00. The summed E-state index contributed by atoms with van der Waals surface area (Å²) in [4.78, 5) is 2.52. The van der Waals surface area contributed by atoms with Crippen LogP contribution in [-0.4, -0.2) is 37.1 Å². The first-order chi connectivity index (χ1) is 7.28. The molecule has 0 aromatic heterocycles. The molecule has 2 aliphatic rings. The van der Waals surface area contributed by atoms with E-state index in [1.807, 2.05) is 0 Å². The van der Waals surface area contributed by atoms with Gasteiger partial charge >= 0.3 is 0 Å². The predicted octanol–water partition coefficient (Wildman–Crippen LogP) is 2.25. The number of piperidine rings is 1. The zero-order valence-electron chi connectivity index (χ0n) is 10.3. The number of hydrogen-bond donors (Lipinski definition) is 1. The van der Waals surface area contributed by atoms with Crippen molar-refractivity contribution >= 4 is 0 Å². The highest BCUT2D eigenvalue weighted by atomic mass is 15.2. The lowest BCUT2D eigenvalue weighted by Gasteiger charge is -2.36. The lowest BCUT2D eigenvalue weighted by Crippen LogP contribution is -2.48. The van der Waals surface area contributed by atoms with Crippen LogP contribution in [0, 0.1) is 5.92 Å². The molecule has 0 bridgehead atoms. The number of hydrogen-bond acceptors (Lipinski definition) is 2. The van der Waals surface area contributed by atoms with Crippen LogP contribution in [0.15, 0.2) is 0 Å². The molecule has 1 saturated carbocycles. The van der Waals surface area contributed by atoms with E-state index in [1.165, 1.54) is 51.6 Å².